The molecule has 2 atom stereocenters. The molecule has 3 aromatic heterocycles. The van der Waals surface area contributed by atoms with E-state index in [0.717, 1.165) is 31.7 Å². The van der Waals surface area contributed by atoms with Gasteiger partial charge in [-0.1, -0.05) is 12.8 Å². The number of rotatable bonds is 6. The number of amides is 1. The normalized spacial score (nSPS) is 18.7. The molecule has 0 aliphatic heterocycles. The van der Waals surface area contributed by atoms with Crippen LogP contribution in [0.15, 0.2) is 36.9 Å². The second kappa shape index (κ2) is 8.41. The van der Waals surface area contributed by atoms with Crippen molar-refractivity contribution < 1.29 is 9.18 Å². The van der Waals surface area contributed by atoms with Crippen molar-refractivity contribution in [2.75, 3.05) is 10.6 Å². The molecule has 1 saturated carbocycles. The Bertz CT molecular complexity index is 1020. The third-order valence-electron chi connectivity index (χ3n) is 4.99. The highest BCUT2D eigenvalue weighted by Crippen LogP contribution is 2.26. The van der Waals surface area contributed by atoms with Crippen LogP contribution in [0.25, 0.3) is 5.95 Å². The van der Waals surface area contributed by atoms with Gasteiger partial charge in [-0.15, -0.1) is 0 Å². The molecular formula is C19H22FN9O. The minimum Gasteiger partial charge on any atom is -0.365 e. The maximum atomic E-state index is 14.6. The van der Waals surface area contributed by atoms with E-state index in [0.29, 0.717) is 11.6 Å². The summed E-state index contributed by atoms with van der Waals surface area (Å²) >= 11 is 0. The molecule has 11 heteroatoms. The first kappa shape index (κ1) is 19.7. The van der Waals surface area contributed by atoms with Crippen LogP contribution in [0.3, 0.4) is 0 Å². The van der Waals surface area contributed by atoms with E-state index in [2.05, 4.69) is 30.7 Å². The number of hydrogen-bond donors (Lipinski definition) is 4. The fourth-order valence-corrected chi connectivity index (χ4v) is 3.42. The maximum absolute atomic E-state index is 14.6. The quantitative estimate of drug-likeness (QED) is 0.479. The van der Waals surface area contributed by atoms with Crippen LogP contribution in [0, 0.1) is 5.82 Å². The van der Waals surface area contributed by atoms with E-state index >= 15 is 0 Å². The van der Waals surface area contributed by atoms with Gasteiger partial charge in [-0.25, -0.2) is 24.0 Å². The van der Waals surface area contributed by atoms with Gasteiger partial charge in [0.25, 0.3) is 11.9 Å². The van der Waals surface area contributed by atoms with Gasteiger partial charge in [0.15, 0.2) is 11.6 Å². The van der Waals surface area contributed by atoms with Crippen molar-refractivity contribution in [2.45, 2.75) is 37.8 Å². The molecule has 3 heterocycles. The number of nitrogens with two attached hydrogens (primary N) is 2. The fraction of sp³-hybridized carbons (Fsp3) is 0.316. The predicted molar refractivity (Wildman–Crippen MR) is 109 cm³/mol. The van der Waals surface area contributed by atoms with E-state index in [1.807, 2.05) is 0 Å². The Kier molecular flexibility index (Phi) is 5.53. The van der Waals surface area contributed by atoms with Crippen molar-refractivity contribution in [1.29, 1.82) is 0 Å². The van der Waals surface area contributed by atoms with E-state index in [4.69, 9.17) is 11.5 Å². The molecule has 0 spiro atoms. The summed E-state index contributed by atoms with van der Waals surface area (Å²) in [6.45, 7) is 0. The second-order valence-corrected chi connectivity index (χ2v) is 7.13. The fourth-order valence-electron chi connectivity index (χ4n) is 3.42. The van der Waals surface area contributed by atoms with E-state index in [1.54, 1.807) is 18.5 Å². The Hall–Kier alpha value is -3.60. The zero-order valence-corrected chi connectivity index (χ0v) is 16.1. The summed E-state index contributed by atoms with van der Waals surface area (Å²) in [6, 6.07) is 2.64. The van der Waals surface area contributed by atoms with Gasteiger partial charge < -0.3 is 22.1 Å². The van der Waals surface area contributed by atoms with Crippen LogP contribution in [0.5, 0.6) is 0 Å². The van der Waals surface area contributed by atoms with Gasteiger partial charge in [-0.05, 0) is 25.0 Å². The van der Waals surface area contributed by atoms with E-state index in [-0.39, 0.29) is 29.3 Å². The number of pyridine rings is 1. The summed E-state index contributed by atoms with van der Waals surface area (Å²) in [5, 5.41) is 10.1. The molecule has 1 fully saturated rings. The Balaban J connectivity index is 1.60. The van der Waals surface area contributed by atoms with Crippen molar-refractivity contribution >= 4 is 23.2 Å². The molecule has 1 aliphatic rings. The summed E-state index contributed by atoms with van der Waals surface area (Å²) in [5.74, 6) is -0.983. The first-order chi connectivity index (χ1) is 14.5. The van der Waals surface area contributed by atoms with Gasteiger partial charge in [0, 0.05) is 24.5 Å². The topological polar surface area (TPSA) is 150 Å². The highest BCUT2D eigenvalue weighted by Gasteiger charge is 2.24. The average Bonchev–Trinajstić information content (AvgIpc) is 3.27. The van der Waals surface area contributed by atoms with Crippen molar-refractivity contribution in [1.82, 2.24) is 24.7 Å². The largest absolute Gasteiger partial charge is 0.365 e. The smallest absolute Gasteiger partial charge is 0.252 e. The number of halogens is 1. The van der Waals surface area contributed by atoms with Crippen molar-refractivity contribution in [3.8, 4) is 5.95 Å². The van der Waals surface area contributed by atoms with Crippen LogP contribution < -0.4 is 22.1 Å². The lowest BCUT2D eigenvalue weighted by Gasteiger charge is -2.30. The van der Waals surface area contributed by atoms with E-state index in [1.165, 1.54) is 17.1 Å². The van der Waals surface area contributed by atoms with Gasteiger partial charge in [0.05, 0.1) is 23.6 Å². The van der Waals surface area contributed by atoms with Gasteiger partial charge in [-0.3, -0.25) is 4.79 Å². The monoisotopic (exact) mass is 411 g/mol. The Morgan fingerprint density at radius 2 is 1.97 bits per heavy atom. The molecule has 1 unspecified atom stereocenters. The Morgan fingerprint density at radius 3 is 2.63 bits per heavy atom. The van der Waals surface area contributed by atoms with Crippen molar-refractivity contribution in [2.24, 2.45) is 11.5 Å². The third kappa shape index (κ3) is 4.20. The maximum Gasteiger partial charge on any atom is 0.252 e. The Morgan fingerprint density at radius 1 is 1.20 bits per heavy atom. The number of anilines is 3. The number of hydrogen-bond acceptors (Lipinski definition) is 8. The van der Waals surface area contributed by atoms with Crippen LogP contribution >= 0.6 is 0 Å². The highest BCUT2D eigenvalue weighted by atomic mass is 19.1. The first-order valence-corrected chi connectivity index (χ1v) is 9.63. The number of nitrogens with zero attached hydrogens (tertiary/aromatic N) is 5. The van der Waals surface area contributed by atoms with Crippen molar-refractivity contribution in [3.05, 3.63) is 48.3 Å². The minimum atomic E-state index is -0.807. The number of primary amides is 1. The molecule has 0 radical (unpaired) electrons. The summed E-state index contributed by atoms with van der Waals surface area (Å²) in [4.78, 5) is 24.5. The van der Waals surface area contributed by atoms with Crippen molar-refractivity contribution in [3.63, 3.8) is 0 Å². The van der Waals surface area contributed by atoms with Crippen LogP contribution in [0.4, 0.5) is 21.7 Å². The third-order valence-corrected chi connectivity index (χ3v) is 4.99. The molecule has 4 rings (SSSR count). The number of carbonyl (C=O) groups is 1. The zero-order valence-electron chi connectivity index (χ0n) is 16.1. The minimum absolute atomic E-state index is 0.0129. The molecule has 10 nitrogen and oxygen atoms in total. The molecule has 6 N–H and O–H groups in total. The molecule has 0 saturated heterocycles. The van der Waals surface area contributed by atoms with Crippen LogP contribution in [-0.4, -0.2) is 42.7 Å². The molecule has 1 aliphatic carbocycles. The van der Waals surface area contributed by atoms with Gasteiger partial charge in [0.2, 0.25) is 0 Å². The first-order valence-electron chi connectivity index (χ1n) is 9.63. The summed E-state index contributed by atoms with van der Waals surface area (Å²) in [5.41, 5.74) is 11.9. The van der Waals surface area contributed by atoms with E-state index in [9.17, 15) is 9.18 Å². The number of nitrogens with one attached hydrogen (secondary N) is 2. The lowest BCUT2D eigenvalue weighted by molar-refractivity contribution is 0.100. The zero-order chi connectivity index (χ0) is 21.1. The lowest BCUT2D eigenvalue weighted by Crippen LogP contribution is -2.43. The molecule has 0 aromatic carbocycles. The number of carbonyl (C=O) groups excluding carboxylic acids is 1. The van der Waals surface area contributed by atoms with E-state index < -0.39 is 11.7 Å². The van der Waals surface area contributed by atoms with Crippen LogP contribution in [-0.2, 0) is 0 Å². The molecule has 30 heavy (non-hydrogen) atoms. The number of aromatic nitrogens is 5. The molecule has 3 aromatic rings. The van der Waals surface area contributed by atoms with Gasteiger partial charge >= 0.3 is 0 Å². The molecule has 1 amide bonds. The Labute approximate surface area is 171 Å². The lowest BCUT2D eigenvalue weighted by atomic mass is 9.91. The summed E-state index contributed by atoms with van der Waals surface area (Å²) < 4.78 is 16.1. The summed E-state index contributed by atoms with van der Waals surface area (Å²) in [6.07, 6.45) is 10.1. The average molecular weight is 411 g/mol. The van der Waals surface area contributed by atoms with Gasteiger partial charge in [0.1, 0.15) is 5.82 Å². The second-order valence-electron chi connectivity index (χ2n) is 7.13. The standard InChI is InChI=1S/C19H22FN9O/c20-13-8-12(16(22)30)17(28-18(13)27-15-5-2-1-4-14(15)21)26-11-9-23-19(24-10-11)29-7-3-6-25-29/h3,6-10,14-15H,1-2,4-5,21H2,(H2,22,30)(H2,26,27,28)/t14?,15-/m1/s1. The molecular weight excluding hydrogens is 389 g/mol. The van der Waals surface area contributed by atoms with Crippen LogP contribution in [0.1, 0.15) is 36.0 Å². The molecule has 0 bridgehead atoms. The molecule has 156 valence electrons. The van der Waals surface area contributed by atoms with Crippen LogP contribution in [0.2, 0.25) is 0 Å². The summed E-state index contributed by atoms with van der Waals surface area (Å²) in [7, 11) is 0. The SMILES string of the molecule is NC(=O)c1cc(F)c(N[C@@H]2CCCCC2N)nc1Nc1cnc(-n2cccn2)nc1. The highest BCUT2D eigenvalue weighted by molar-refractivity contribution is 5.98. The predicted octanol–water partition coefficient (Wildman–Crippen LogP) is 1.72. The van der Waals surface area contributed by atoms with Gasteiger partial charge in [-0.2, -0.15) is 5.10 Å².